The molecule has 0 radical (unpaired) electrons. The second kappa shape index (κ2) is 6.20. The molecule has 2 aliphatic rings. The molecule has 0 aromatic carbocycles. The molecule has 124 valence electrons. The van der Waals surface area contributed by atoms with Crippen molar-refractivity contribution in [2.75, 3.05) is 19.6 Å². The molecule has 2 heterocycles. The number of nitrogens with one attached hydrogen (secondary N) is 1. The second-order valence-electron chi connectivity index (χ2n) is 7.42. The second-order valence-corrected chi connectivity index (χ2v) is 7.42. The van der Waals surface area contributed by atoms with Crippen molar-refractivity contribution < 1.29 is 4.79 Å². The zero-order valence-electron chi connectivity index (χ0n) is 13.9. The first-order valence-electron chi connectivity index (χ1n) is 7.99. The predicted octanol–water partition coefficient (Wildman–Crippen LogP) is 2.37. The molecule has 3 rings (SSSR count). The Morgan fingerprint density at radius 3 is 2.59 bits per heavy atom. The average Bonchev–Trinajstić information content (AvgIpc) is 3.15. The fraction of sp³-hybridized carbons (Fsp3) is 0.750. The molecule has 1 unspecified atom stereocenters. The number of rotatable bonds is 2. The monoisotopic (exact) mass is 326 g/mol. The normalized spacial score (nSPS) is 22.4. The van der Waals surface area contributed by atoms with Gasteiger partial charge in [-0.15, -0.1) is 12.4 Å². The highest BCUT2D eigenvalue weighted by Gasteiger charge is 2.33. The van der Waals surface area contributed by atoms with Crippen molar-refractivity contribution >= 4 is 18.3 Å². The molecule has 1 saturated heterocycles. The highest BCUT2D eigenvalue weighted by Crippen LogP contribution is 2.41. The molecule has 22 heavy (non-hydrogen) atoms. The molecule has 1 N–H and O–H groups in total. The van der Waals surface area contributed by atoms with Crippen LogP contribution in [0.3, 0.4) is 0 Å². The molecule has 1 saturated carbocycles. The summed E-state index contributed by atoms with van der Waals surface area (Å²) in [6.45, 7) is 10.9. The summed E-state index contributed by atoms with van der Waals surface area (Å²) in [5.74, 6) is 0.675. The van der Waals surface area contributed by atoms with Gasteiger partial charge in [0.25, 0.3) is 5.91 Å². The topological polar surface area (TPSA) is 50.2 Å². The number of nitrogens with zero attached hydrogens (tertiary/aromatic N) is 3. The number of hydrogen-bond donors (Lipinski definition) is 1. The molecule has 6 heteroatoms. The van der Waals surface area contributed by atoms with E-state index < -0.39 is 0 Å². The van der Waals surface area contributed by atoms with Crippen molar-refractivity contribution in [2.45, 2.75) is 58.0 Å². The van der Waals surface area contributed by atoms with Gasteiger partial charge in [-0.3, -0.25) is 9.48 Å². The van der Waals surface area contributed by atoms with Gasteiger partial charge in [0.05, 0.1) is 5.54 Å². The van der Waals surface area contributed by atoms with E-state index >= 15 is 0 Å². The van der Waals surface area contributed by atoms with Gasteiger partial charge < -0.3 is 10.2 Å². The van der Waals surface area contributed by atoms with E-state index in [-0.39, 0.29) is 23.9 Å². The van der Waals surface area contributed by atoms with E-state index in [1.165, 1.54) is 18.5 Å². The summed E-state index contributed by atoms with van der Waals surface area (Å²) in [4.78, 5) is 14.6. The summed E-state index contributed by atoms with van der Waals surface area (Å²) in [6, 6.07) is 2.38. The third-order valence-electron chi connectivity index (χ3n) is 4.24. The quantitative estimate of drug-likeness (QED) is 0.907. The zero-order valence-corrected chi connectivity index (χ0v) is 14.7. The first-order valence-corrected chi connectivity index (χ1v) is 7.99. The molecule has 1 aromatic rings. The van der Waals surface area contributed by atoms with Gasteiger partial charge in [0.15, 0.2) is 5.69 Å². The maximum absolute atomic E-state index is 12.7. The Morgan fingerprint density at radius 1 is 1.36 bits per heavy atom. The van der Waals surface area contributed by atoms with Crippen LogP contribution in [0.4, 0.5) is 0 Å². The standard InChI is InChI=1S/C16H26N4O.ClH/c1-11-10-19(8-7-17-11)15(21)13-9-14(12-5-6-12)20(18-13)16(2,3)4;/h9,11-12,17H,5-8,10H2,1-4H3;1H. The summed E-state index contributed by atoms with van der Waals surface area (Å²) in [5.41, 5.74) is 1.77. The van der Waals surface area contributed by atoms with E-state index in [1.807, 2.05) is 11.0 Å². The van der Waals surface area contributed by atoms with Gasteiger partial charge in [0.1, 0.15) is 0 Å². The van der Waals surface area contributed by atoms with E-state index in [1.54, 1.807) is 0 Å². The van der Waals surface area contributed by atoms with E-state index in [2.05, 4.69) is 42.8 Å². The SMILES string of the molecule is CC1CN(C(=O)c2cc(C3CC3)n(C(C)(C)C)n2)CCN1.Cl. The molecule has 1 amide bonds. The largest absolute Gasteiger partial charge is 0.334 e. The van der Waals surface area contributed by atoms with E-state index in [9.17, 15) is 4.79 Å². The molecule has 1 atom stereocenters. The van der Waals surface area contributed by atoms with Crippen molar-refractivity contribution in [3.8, 4) is 0 Å². The van der Waals surface area contributed by atoms with Gasteiger partial charge in [-0.05, 0) is 46.6 Å². The van der Waals surface area contributed by atoms with Crippen LogP contribution in [0.25, 0.3) is 0 Å². The Labute approximate surface area is 138 Å². The Kier molecular flexibility index (Phi) is 4.87. The highest BCUT2D eigenvalue weighted by molar-refractivity contribution is 5.92. The third kappa shape index (κ3) is 3.46. The lowest BCUT2D eigenvalue weighted by Gasteiger charge is -2.31. The Balaban J connectivity index is 0.00000176. The van der Waals surface area contributed by atoms with Gasteiger partial charge in [0, 0.05) is 37.3 Å². The van der Waals surface area contributed by atoms with E-state index in [0.717, 1.165) is 19.6 Å². The lowest BCUT2D eigenvalue weighted by Crippen LogP contribution is -2.51. The lowest BCUT2D eigenvalue weighted by atomic mass is 10.1. The predicted molar refractivity (Wildman–Crippen MR) is 89.8 cm³/mol. The van der Waals surface area contributed by atoms with Crippen LogP contribution < -0.4 is 5.32 Å². The fourth-order valence-electron chi connectivity index (χ4n) is 2.99. The summed E-state index contributed by atoms with van der Waals surface area (Å²) in [6.07, 6.45) is 2.44. The molecule has 0 spiro atoms. The number of halogens is 1. The number of carbonyl (C=O) groups excluding carboxylic acids is 1. The third-order valence-corrected chi connectivity index (χ3v) is 4.24. The molecule has 2 fully saturated rings. The van der Waals surface area contributed by atoms with E-state index in [0.29, 0.717) is 17.7 Å². The first-order chi connectivity index (χ1) is 9.86. The average molecular weight is 327 g/mol. The van der Waals surface area contributed by atoms with Gasteiger partial charge in [-0.2, -0.15) is 5.10 Å². The van der Waals surface area contributed by atoms with Crippen molar-refractivity contribution in [1.82, 2.24) is 20.0 Å². The molecule has 5 nitrogen and oxygen atoms in total. The number of amides is 1. The molecular formula is C16H27ClN4O. The van der Waals surface area contributed by atoms with E-state index in [4.69, 9.17) is 0 Å². The highest BCUT2D eigenvalue weighted by atomic mass is 35.5. The minimum Gasteiger partial charge on any atom is -0.334 e. The smallest absolute Gasteiger partial charge is 0.274 e. The Morgan fingerprint density at radius 2 is 2.05 bits per heavy atom. The molecule has 1 aliphatic heterocycles. The van der Waals surface area contributed by atoms with Crippen LogP contribution in [0.2, 0.25) is 0 Å². The van der Waals surface area contributed by atoms with Crippen molar-refractivity contribution in [3.05, 3.63) is 17.5 Å². The summed E-state index contributed by atoms with van der Waals surface area (Å²) in [5, 5.41) is 8.02. The maximum atomic E-state index is 12.7. The van der Waals surface area contributed by atoms with Crippen molar-refractivity contribution in [1.29, 1.82) is 0 Å². The Hall–Kier alpha value is -1.07. The minimum atomic E-state index is -0.0762. The summed E-state index contributed by atoms with van der Waals surface area (Å²) >= 11 is 0. The van der Waals surface area contributed by atoms with Crippen molar-refractivity contribution in [3.63, 3.8) is 0 Å². The van der Waals surface area contributed by atoms with Gasteiger partial charge in [0.2, 0.25) is 0 Å². The van der Waals surface area contributed by atoms with Crippen LogP contribution in [0.1, 0.15) is 62.6 Å². The van der Waals surface area contributed by atoms with Gasteiger partial charge >= 0.3 is 0 Å². The van der Waals surface area contributed by atoms with Gasteiger partial charge in [-0.1, -0.05) is 0 Å². The number of aromatic nitrogens is 2. The summed E-state index contributed by atoms with van der Waals surface area (Å²) < 4.78 is 2.06. The van der Waals surface area contributed by atoms with Gasteiger partial charge in [-0.25, -0.2) is 0 Å². The molecule has 1 aliphatic carbocycles. The number of carbonyl (C=O) groups is 1. The number of piperazine rings is 1. The fourth-order valence-corrected chi connectivity index (χ4v) is 2.99. The number of hydrogen-bond acceptors (Lipinski definition) is 3. The van der Waals surface area contributed by atoms with Crippen LogP contribution in [0.5, 0.6) is 0 Å². The molecular weight excluding hydrogens is 300 g/mol. The van der Waals surface area contributed by atoms with Crippen LogP contribution >= 0.6 is 12.4 Å². The van der Waals surface area contributed by atoms with Crippen LogP contribution in [-0.2, 0) is 5.54 Å². The Bertz CT molecular complexity index is 545. The minimum absolute atomic E-state index is 0. The van der Waals surface area contributed by atoms with Crippen LogP contribution in [-0.4, -0.2) is 46.3 Å². The van der Waals surface area contributed by atoms with Crippen molar-refractivity contribution in [2.24, 2.45) is 0 Å². The summed E-state index contributed by atoms with van der Waals surface area (Å²) in [7, 11) is 0. The van der Waals surface area contributed by atoms with Crippen LogP contribution in [0, 0.1) is 0 Å². The molecule has 1 aromatic heterocycles. The van der Waals surface area contributed by atoms with Crippen LogP contribution in [0.15, 0.2) is 6.07 Å². The first kappa shape index (κ1) is 17.3. The lowest BCUT2D eigenvalue weighted by molar-refractivity contribution is 0.0701. The maximum Gasteiger partial charge on any atom is 0.274 e. The molecule has 0 bridgehead atoms. The zero-order chi connectivity index (χ0) is 15.2.